The minimum atomic E-state index is -0.421. The van der Waals surface area contributed by atoms with Gasteiger partial charge in [-0.1, -0.05) is 20.8 Å². The Bertz CT molecular complexity index is 243. The first kappa shape index (κ1) is 13.5. The van der Waals surface area contributed by atoms with E-state index in [1.54, 1.807) is 6.92 Å². The molecule has 1 aliphatic heterocycles. The zero-order valence-corrected chi connectivity index (χ0v) is 11.0. The molecule has 3 nitrogen and oxygen atoms in total. The van der Waals surface area contributed by atoms with Crippen LogP contribution in [0, 0.1) is 11.3 Å². The highest BCUT2D eigenvalue weighted by Crippen LogP contribution is 2.34. The molecule has 2 atom stereocenters. The number of amides is 1. The molecule has 1 fully saturated rings. The average Bonchev–Trinajstić information content (AvgIpc) is 2.28. The molecule has 3 heteroatoms. The average molecular weight is 227 g/mol. The van der Waals surface area contributed by atoms with Gasteiger partial charge < -0.3 is 10.0 Å². The molecule has 16 heavy (non-hydrogen) atoms. The number of hydrogen-bond acceptors (Lipinski definition) is 2. The van der Waals surface area contributed by atoms with Crippen molar-refractivity contribution in [2.45, 2.75) is 53.1 Å². The largest absolute Gasteiger partial charge is 0.392 e. The summed E-state index contributed by atoms with van der Waals surface area (Å²) in [4.78, 5) is 13.7. The van der Waals surface area contributed by atoms with E-state index >= 15 is 0 Å². The van der Waals surface area contributed by atoms with Crippen LogP contribution in [0.4, 0.5) is 0 Å². The van der Waals surface area contributed by atoms with Crippen molar-refractivity contribution >= 4 is 5.91 Å². The van der Waals surface area contributed by atoms with Crippen molar-refractivity contribution in [3.05, 3.63) is 0 Å². The molecular formula is C13H25NO2. The lowest BCUT2D eigenvalue weighted by Gasteiger charge is -2.29. The van der Waals surface area contributed by atoms with Crippen molar-refractivity contribution in [2.75, 3.05) is 13.1 Å². The molecule has 1 rings (SSSR count). The Hall–Kier alpha value is -0.570. The zero-order valence-electron chi connectivity index (χ0n) is 11.0. The lowest BCUT2D eigenvalue weighted by molar-refractivity contribution is -0.131. The third-order valence-corrected chi connectivity index (χ3v) is 3.52. The highest BCUT2D eigenvalue weighted by atomic mass is 16.3. The number of aliphatic hydroxyl groups excluding tert-OH is 1. The van der Waals surface area contributed by atoms with Gasteiger partial charge in [0.1, 0.15) is 0 Å². The van der Waals surface area contributed by atoms with Crippen molar-refractivity contribution < 1.29 is 9.90 Å². The van der Waals surface area contributed by atoms with Crippen molar-refractivity contribution in [2.24, 2.45) is 11.3 Å². The van der Waals surface area contributed by atoms with Crippen LogP contribution in [0.1, 0.15) is 47.0 Å². The van der Waals surface area contributed by atoms with Crippen LogP contribution >= 0.6 is 0 Å². The normalized spacial score (nSPS) is 25.4. The van der Waals surface area contributed by atoms with Crippen LogP contribution in [-0.4, -0.2) is 35.1 Å². The van der Waals surface area contributed by atoms with Crippen molar-refractivity contribution in [1.82, 2.24) is 4.90 Å². The third-order valence-electron chi connectivity index (χ3n) is 3.52. The van der Waals surface area contributed by atoms with Gasteiger partial charge in [0, 0.05) is 19.5 Å². The van der Waals surface area contributed by atoms with Crippen LogP contribution in [0.2, 0.25) is 0 Å². The smallest absolute Gasteiger partial charge is 0.222 e. The summed E-state index contributed by atoms with van der Waals surface area (Å²) in [5.74, 6) is 0.808. The van der Waals surface area contributed by atoms with Crippen LogP contribution in [-0.2, 0) is 4.79 Å². The minimum Gasteiger partial charge on any atom is -0.392 e. The van der Waals surface area contributed by atoms with Gasteiger partial charge in [-0.25, -0.2) is 0 Å². The Kier molecular flexibility index (Phi) is 4.36. The molecular weight excluding hydrogens is 202 g/mol. The van der Waals surface area contributed by atoms with Gasteiger partial charge in [-0.15, -0.1) is 0 Å². The summed E-state index contributed by atoms with van der Waals surface area (Å²) in [7, 11) is 0. The number of β-amino-alcohol motifs (C(OH)–C–C–N with tert-alkyl or cyclic N) is 1. The molecule has 1 heterocycles. The lowest BCUT2D eigenvalue weighted by Crippen LogP contribution is -2.36. The number of carbonyl (C=O) groups excluding carboxylic acids is 1. The monoisotopic (exact) mass is 227 g/mol. The van der Waals surface area contributed by atoms with E-state index in [4.69, 9.17) is 0 Å². The Morgan fingerprint density at radius 1 is 1.44 bits per heavy atom. The summed E-state index contributed by atoms with van der Waals surface area (Å²) >= 11 is 0. The summed E-state index contributed by atoms with van der Waals surface area (Å²) in [5, 5.41) is 9.35. The number of nitrogens with zero attached hydrogens (tertiary/aromatic N) is 1. The van der Waals surface area contributed by atoms with Crippen LogP contribution < -0.4 is 0 Å². The SMILES string of the molecule is CC(O)CN1CCC(C(C)(C)C)CCC1=O. The Morgan fingerprint density at radius 3 is 2.56 bits per heavy atom. The van der Waals surface area contributed by atoms with E-state index in [0.717, 1.165) is 19.4 Å². The minimum absolute atomic E-state index is 0.202. The van der Waals surface area contributed by atoms with Gasteiger partial charge in [0.2, 0.25) is 5.91 Å². The fraction of sp³-hybridized carbons (Fsp3) is 0.923. The molecule has 2 unspecified atom stereocenters. The second-order valence-electron chi connectivity index (χ2n) is 6.08. The van der Waals surface area contributed by atoms with E-state index in [1.165, 1.54) is 0 Å². The van der Waals surface area contributed by atoms with Crippen LogP contribution in [0.15, 0.2) is 0 Å². The molecule has 0 aliphatic carbocycles. The first-order valence-corrected chi connectivity index (χ1v) is 6.26. The van der Waals surface area contributed by atoms with Gasteiger partial charge >= 0.3 is 0 Å². The molecule has 1 N–H and O–H groups in total. The van der Waals surface area contributed by atoms with Gasteiger partial charge in [-0.3, -0.25) is 4.79 Å². The van der Waals surface area contributed by atoms with Crippen molar-refractivity contribution in [3.8, 4) is 0 Å². The molecule has 94 valence electrons. The van der Waals surface area contributed by atoms with Crippen LogP contribution in [0.25, 0.3) is 0 Å². The molecule has 0 aromatic heterocycles. The van der Waals surface area contributed by atoms with Gasteiger partial charge in [-0.05, 0) is 31.1 Å². The molecule has 0 saturated carbocycles. The Morgan fingerprint density at radius 2 is 2.06 bits per heavy atom. The third kappa shape index (κ3) is 3.78. The maximum absolute atomic E-state index is 11.8. The number of carbonyl (C=O) groups is 1. The van der Waals surface area contributed by atoms with Gasteiger partial charge in [0.25, 0.3) is 0 Å². The van der Waals surface area contributed by atoms with Crippen molar-refractivity contribution in [3.63, 3.8) is 0 Å². The predicted molar refractivity (Wildman–Crippen MR) is 65.1 cm³/mol. The summed E-state index contributed by atoms with van der Waals surface area (Å²) in [6.07, 6.45) is 2.25. The number of rotatable bonds is 2. The molecule has 1 amide bonds. The molecule has 0 spiro atoms. The fourth-order valence-electron chi connectivity index (χ4n) is 2.41. The maximum atomic E-state index is 11.8. The number of likely N-dealkylation sites (tertiary alicyclic amines) is 1. The Balaban J connectivity index is 2.59. The van der Waals surface area contributed by atoms with E-state index in [1.807, 2.05) is 4.90 Å². The quantitative estimate of drug-likeness (QED) is 0.784. The first-order chi connectivity index (χ1) is 7.30. The van der Waals surface area contributed by atoms with Crippen molar-refractivity contribution in [1.29, 1.82) is 0 Å². The van der Waals surface area contributed by atoms with E-state index in [9.17, 15) is 9.90 Å². The van der Waals surface area contributed by atoms with Gasteiger partial charge in [0.15, 0.2) is 0 Å². The summed E-state index contributed by atoms with van der Waals surface area (Å²) in [6.45, 7) is 9.74. The van der Waals surface area contributed by atoms with E-state index in [2.05, 4.69) is 20.8 Å². The second kappa shape index (κ2) is 5.17. The predicted octanol–water partition coefficient (Wildman–Crippen LogP) is 2.04. The van der Waals surface area contributed by atoms with Crippen LogP contribution in [0.5, 0.6) is 0 Å². The van der Waals surface area contributed by atoms with E-state index in [-0.39, 0.29) is 11.3 Å². The topological polar surface area (TPSA) is 40.5 Å². The molecule has 0 aromatic carbocycles. The summed E-state index contributed by atoms with van der Waals surface area (Å²) in [5.41, 5.74) is 0.279. The molecule has 0 aromatic rings. The maximum Gasteiger partial charge on any atom is 0.222 e. The molecule has 1 saturated heterocycles. The highest BCUT2D eigenvalue weighted by Gasteiger charge is 2.30. The van der Waals surface area contributed by atoms with Crippen LogP contribution in [0.3, 0.4) is 0 Å². The number of hydrogen-bond donors (Lipinski definition) is 1. The lowest BCUT2D eigenvalue weighted by atomic mass is 9.77. The zero-order chi connectivity index (χ0) is 12.3. The first-order valence-electron chi connectivity index (χ1n) is 6.26. The van der Waals surface area contributed by atoms with E-state index in [0.29, 0.717) is 18.9 Å². The number of aliphatic hydroxyl groups is 1. The second-order valence-corrected chi connectivity index (χ2v) is 6.08. The summed E-state index contributed by atoms with van der Waals surface area (Å²) < 4.78 is 0. The summed E-state index contributed by atoms with van der Waals surface area (Å²) in [6, 6.07) is 0. The van der Waals surface area contributed by atoms with Gasteiger partial charge in [0.05, 0.1) is 6.10 Å². The fourth-order valence-corrected chi connectivity index (χ4v) is 2.41. The Labute approximate surface area is 98.8 Å². The van der Waals surface area contributed by atoms with Gasteiger partial charge in [-0.2, -0.15) is 0 Å². The van der Waals surface area contributed by atoms with E-state index < -0.39 is 6.10 Å². The molecule has 1 aliphatic rings. The highest BCUT2D eigenvalue weighted by molar-refractivity contribution is 5.76. The molecule has 0 bridgehead atoms. The molecule has 0 radical (unpaired) electrons. The standard InChI is InChI=1S/C13H25NO2/c1-10(15)9-14-8-7-11(13(2,3)4)5-6-12(14)16/h10-11,15H,5-9H2,1-4H3.